The Morgan fingerprint density at radius 3 is 2.89 bits per heavy atom. The lowest BCUT2D eigenvalue weighted by atomic mass is 9.78. The highest BCUT2D eigenvalue weighted by Crippen LogP contribution is 2.32. The SMILES string of the molecule is Cc1cccc(Nc2nnc(S[C@@H](C)C(=O)N[C@@H]3CCC[C@H](C)[C@@H]3C)s2)c1. The number of carbonyl (C=O) groups excluding carboxylic acids is 1. The van der Waals surface area contributed by atoms with Crippen molar-refractivity contribution in [2.45, 2.75) is 62.6 Å². The average molecular weight is 405 g/mol. The summed E-state index contributed by atoms with van der Waals surface area (Å²) >= 11 is 2.95. The van der Waals surface area contributed by atoms with Crippen LogP contribution in [0.25, 0.3) is 0 Å². The first-order valence-corrected chi connectivity index (χ1v) is 11.3. The standard InChI is InChI=1S/C20H28N4OS2/c1-12-7-5-9-16(11-12)21-19-23-24-20(27-19)26-15(4)18(25)22-17-10-6-8-13(2)14(17)3/h5,7,9,11,13-15,17H,6,8,10H2,1-4H3,(H,21,23)(H,22,25)/t13-,14-,15-,17+/m0/s1. The van der Waals surface area contributed by atoms with Gasteiger partial charge in [-0.2, -0.15) is 0 Å². The molecule has 1 amide bonds. The van der Waals surface area contributed by atoms with Crippen molar-refractivity contribution in [3.63, 3.8) is 0 Å². The van der Waals surface area contributed by atoms with Crippen molar-refractivity contribution < 1.29 is 4.79 Å². The molecule has 0 unspecified atom stereocenters. The van der Waals surface area contributed by atoms with Crippen molar-refractivity contribution in [3.05, 3.63) is 29.8 Å². The Hall–Kier alpha value is -1.60. The number of benzene rings is 1. The number of amides is 1. The van der Waals surface area contributed by atoms with Crippen LogP contribution in [0.3, 0.4) is 0 Å². The third-order valence-corrected chi connectivity index (χ3v) is 7.38. The molecule has 27 heavy (non-hydrogen) atoms. The van der Waals surface area contributed by atoms with Crippen LogP contribution in [-0.2, 0) is 4.79 Å². The van der Waals surface area contributed by atoms with Gasteiger partial charge in [-0.3, -0.25) is 4.79 Å². The lowest BCUT2D eigenvalue weighted by molar-refractivity contribution is -0.121. The second kappa shape index (κ2) is 9.06. The number of hydrogen-bond acceptors (Lipinski definition) is 6. The van der Waals surface area contributed by atoms with Gasteiger partial charge in [-0.1, -0.05) is 61.9 Å². The minimum Gasteiger partial charge on any atom is -0.352 e. The molecule has 1 aromatic carbocycles. The molecule has 4 atom stereocenters. The molecule has 0 saturated heterocycles. The summed E-state index contributed by atoms with van der Waals surface area (Å²) in [5, 5.41) is 15.5. The van der Waals surface area contributed by atoms with Crippen LogP contribution in [0.4, 0.5) is 10.8 Å². The second-order valence-electron chi connectivity index (χ2n) is 7.51. The van der Waals surface area contributed by atoms with E-state index in [9.17, 15) is 4.79 Å². The molecule has 3 rings (SSSR count). The number of anilines is 2. The van der Waals surface area contributed by atoms with Gasteiger partial charge >= 0.3 is 0 Å². The maximum atomic E-state index is 12.6. The van der Waals surface area contributed by atoms with Gasteiger partial charge in [0, 0.05) is 11.7 Å². The van der Waals surface area contributed by atoms with Crippen molar-refractivity contribution in [1.82, 2.24) is 15.5 Å². The fourth-order valence-electron chi connectivity index (χ4n) is 3.44. The smallest absolute Gasteiger partial charge is 0.233 e. The average Bonchev–Trinajstić information content (AvgIpc) is 3.05. The van der Waals surface area contributed by atoms with Gasteiger partial charge < -0.3 is 10.6 Å². The predicted octanol–water partition coefficient (Wildman–Crippen LogP) is 5.01. The van der Waals surface area contributed by atoms with Crippen LogP contribution in [0.2, 0.25) is 0 Å². The Kier molecular flexibility index (Phi) is 6.76. The van der Waals surface area contributed by atoms with Crippen molar-refractivity contribution >= 4 is 39.8 Å². The maximum absolute atomic E-state index is 12.6. The highest BCUT2D eigenvalue weighted by molar-refractivity contribution is 8.02. The third kappa shape index (κ3) is 5.45. The summed E-state index contributed by atoms with van der Waals surface area (Å²) in [6.45, 7) is 8.53. The molecule has 1 aliphatic rings. The van der Waals surface area contributed by atoms with E-state index in [4.69, 9.17) is 0 Å². The summed E-state index contributed by atoms with van der Waals surface area (Å²) < 4.78 is 0.804. The van der Waals surface area contributed by atoms with Crippen molar-refractivity contribution in [2.24, 2.45) is 11.8 Å². The van der Waals surface area contributed by atoms with Gasteiger partial charge in [-0.25, -0.2) is 0 Å². The molecule has 7 heteroatoms. The summed E-state index contributed by atoms with van der Waals surface area (Å²) in [4.78, 5) is 12.6. The van der Waals surface area contributed by atoms with Crippen molar-refractivity contribution in [3.8, 4) is 0 Å². The van der Waals surface area contributed by atoms with Crippen LogP contribution in [0, 0.1) is 18.8 Å². The maximum Gasteiger partial charge on any atom is 0.233 e. The van der Waals surface area contributed by atoms with E-state index in [1.807, 2.05) is 19.1 Å². The zero-order chi connectivity index (χ0) is 19.4. The Morgan fingerprint density at radius 1 is 1.30 bits per heavy atom. The minimum absolute atomic E-state index is 0.0920. The second-order valence-corrected chi connectivity index (χ2v) is 10.1. The van der Waals surface area contributed by atoms with Crippen LogP contribution in [0.15, 0.2) is 28.6 Å². The molecule has 1 fully saturated rings. The van der Waals surface area contributed by atoms with Gasteiger partial charge in [0.15, 0.2) is 4.34 Å². The number of nitrogens with zero attached hydrogens (tertiary/aromatic N) is 2. The number of aryl methyl sites for hydroxylation is 1. The summed E-state index contributed by atoms with van der Waals surface area (Å²) in [5.74, 6) is 1.30. The van der Waals surface area contributed by atoms with Crippen LogP contribution >= 0.6 is 23.1 Å². The molecule has 2 aromatic rings. The fourth-order valence-corrected chi connectivity index (χ4v) is 5.37. The summed E-state index contributed by atoms with van der Waals surface area (Å²) in [7, 11) is 0. The van der Waals surface area contributed by atoms with Gasteiger partial charge in [-0.05, 0) is 49.8 Å². The normalized spacial score (nSPS) is 23.6. The quantitative estimate of drug-likeness (QED) is 0.662. The number of aromatic nitrogens is 2. The van der Waals surface area contributed by atoms with E-state index in [0.29, 0.717) is 11.8 Å². The highest BCUT2D eigenvalue weighted by Gasteiger charge is 2.29. The minimum atomic E-state index is -0.186. The van der Waals surface area contributed by atoms with Crippen LogP contribution in [-0.4, -0.2) is 27.4 Å². The number of nitrogens with one attached hydrogen (secondary N) is 2. The Bertz CT molecular complexity index is 779. The van der Waals surface area contributed by atoms with Crippen LogP contribution < -0.4 is 10.6 Å². The molecule has 146 valence electrons. The molecule has 0 bridgehead atoms. The van der Waals surface area contributed by atoms with E-state index in [-0.39, 0.29) is 17.2 Å². The van der Waals surface area contributed by atoms with Gasteiger partial charge in [0.2, 0.25) is 11.0 Å². The Labute approximate surface area is 169 Å². The Morgan fingerprint density at radius 2 is 2.11 bits per heavy atom. The van der Waals surface area contributed by atoms with E-state index in [1.54, 1.807) is 0 Å². The summed E-state index contributed by atoms with van der Waals surface area (Å²) in [5.41, 5.74) is 2.18. The lowest BCUT2D eigenvalue weighted by Gasteiger charge is -2.35. The predicted molar refractivity (Wildman–Crippen MR) is 114 cm³/mol. The topological polar surface area (TPSA) is 66.9 Å². The molecule has 2 N–H and O–H groups in total. The molecule has 5 nitrogen and oxygen atoms in total. The molecular formula is C20H28N4OS2. The van der Waals surface area contributed by atoms with Crippen LogP contribution in [0.1, 0.15) is 45.6 Å². The molecule has 1 aliphatic carbocycles. The molecule has 1 aromatic heterocycles. The molecule has 1 saturated carbocycles. The number of carbonyl (C=O) groups is 1. The first kappa shape index (κ1) is 20.1. The van der Waals surface area contributed by atoms with E-state index in [0.717, 1.165) is 21.6 Å². The molecule has 0 radical (unpaired) electrons. The van der Waals surface area contributed by atoms with Gasteiger partial charge in [0.05, 0.1) is 5.25 Å². The highest BCUT2D eigenvalue weighted by atomic mass is 32.2. The molecular weight excluding hydrogens is 376 g/mol. The summed E-state index contributed by atoms with van der Waals surface area (Å²) in [6.07, 6.45) is 3.54. The van der Waals surface area contributed by atoms with Gasteiger partial charge in [0.25, 0.3) is 0 Å². The lowest BCUT2D eigenvalue weighted by Crippen LogP contribution is -2.46. The molecule has 0 aliphatic heterocycles. The molecule has 0 spiro atoms. The van der Waals surface area contributed by atoms with E-state index >= 15 is 0 Å². The van der Waals surface area contributed by atoms with Crippen molar-refractivity contribution in [1.29, 1.82) is 0 Å². The summed E-state index contributed by atoms with van der Waals surface area (Å²) in [6, 6.07) is 8.42. The molecule has 1 heterocycles. The van der Waals surface area contributed by atoms with Crippen molar-refractivity contribution in [2.75, 3.05) is 5.32 Å². The van der Waals surface area contributed by atoms with Gasteiger partial charge in [-0.15, -0.1) is 10.2 Å². The Balaban J connectivity index is 1.54. The third-order valence-electron chi connectivity index (χ3n) is 5.36. The number of rotatable bonds is 6. The zero-order valence-electron chi connectivity index (χ0n) is 16.4. The first-order valence-electron chi connectivity index (χ1n) is 9.56. The zero-order valence-corrected chi connectivity index (χ0v) is 18.0. The number of hydrogen-bond donors (Lipinski definition) is 2. The van der Waals surface area contributed by atoms with E-state index < -0.39 is 0 Å². The monoisotopic (exact) mass is 404 g/mol. The first-order chi connectivity index (χ1) is 12.9. The van der Waals surface area contributed by atoms with E-state index in [2.05, 4.69) is 53.7 Å². The van der Waals surface area contributed by atoms with Crippen LogP contribution in [0.5, 0.6) is 0 Å². The largest absolute Gasteiger partial charge is 0.352 e. The van der Waals surface area contributed by atoms with Gasteiger partial charge in [0.1, 0.15) is 0 Å². The number of thioether (sulfide) groups is 1. The fraction of sp³-hybridized carbons (Fsp3) is 0.550. The van der Waals surface area contributed by atoms with E-state index in [1.165, 1.54) is 41.5 Å².